The van der Waals surface area contributed by atoms with Crippen LogP contribution in [0.4, 0.5) is 0 Å². The van der Waals surface area contributed by atoms with Crippen molar-refractivity contribution in [2.45, 2.75) is 18.3 Å². The lowest BCUT2D eigenvalue weighted by atomic mass is 10.0. The van der Waals surface area contributed by atoms with E-state index in [-0.39, 0.29) is 5.41 Å². The van der Waals surface area contributed by atoms with Gasteiger partial charge in [-0.25, -0.2) is 0 Å². The van der Waals surface area contributed by atoms with Crippen LogP contribution in [0.5, 0.6) is 0 Å². The molecular weight excluding hydrogens is 136 g/mol. The van der Waals surface area contributed by atoms with Gasteiger partial charge in [0.1, 0.15) is 0 Å². The van der Waals surface area contributed by atoms with Crippen molar-refractivity contribution >= 4 is 0 Å². The molecule has 0 radical (unpaired) electrons. The van der Waals surface area contributed by atoms with Crippen molar-refractivity contribution in [1.82, 2.24) is 9.78 Å². The smallest absolute Gasteiger partial charge is 0.0729 e. The molecule has 0 amide bonds. The Morgan fingerprint density at radius 1 is 1.73 bits per heavy atom. The van der Waals surface area contributed by atoms with Crippen molar-refractivity contribution in [3.63, 3.8) is 0 Å². The van der Waals surface area contributed by atoms with Gasteiger partial charge in [-0.15, -0.1) is 6.42 Å². The van der Waals surface area contributed by atoms with Crippen LogP contribution in [0.2, 0.25) is 0 Å². The summed E-state index contributed by atoms with van der Waals surface area (Å²) in [6.45, 7) is 0. The van der Waals surface area contributed by atoms with Gasteiger partial charge in [0.25, 0.3) is 0 Å². The van der Waals surface area contributed by atoms with Crippen LogP contribution in [-0.2, 0) is 12.5 Å². The topological polar surface area (TPSA) is 17.8 Å². The lowest BCUT2D eigenvalue weighted by Crippen LogP contribution is -2.09. The summed E-state index contributed by atoms with van der Waals surface area (Å²) >= 11 is 0. The average Bonchev–Trinajstić information content (AvgIpc) is 2.70. The molecule has 11 heavy (non-hydrogen) atoms. The molecule has 1 aromatic rings. The summed E-state index contributed by atoms with van der Waals surface area (Å²) in [5.41, 5.74) is 1.21. The molecule has 1 saturated carbocycles. The first-order chi connectivity index (χ1) is 5.28. The van der Waals surface area contributed by atoms with Crippen molar-refractivity contribution in [2.75, 3.05) is 0 Å². The van der Waals surface area contributed by atoms with E-state index in [1.807, 2.05) is 17.8 Å². The van der Waals surface area contributed by atoms with Crippen LogP contribution in [-0.4, -0.2) is 9.78 Å². The molecule has 0 atom stereocenters. The van der Waals surface area contributed by atoms with E-state index in [0.717, 1.165) is 12.8 Å². The van der Waals surface area contributed by atoms with Crippen LogP contribution in [0.1, 0.15) is 18.5 Å². The van der Waals surface area contributed by atoms with E-state index in [0.29, 0.717) is 0 Å². The van der Waals surface area contributed by atoms with Gasteiger partial charge >= 0.3 is 0 Å². The van der Waals surface area contributed by atoms with E-state index in [1.54, 1.807) is 6.20 Å². The highest BCUT2D eigenvalue weighted by Crippen LogP contribution is 2.46. The summed E-state index contributed by atoms with van der Waals surface area (Å²) < 4.78 is 1.87. The van der Waals surface area contributed by atoms with Crippen molar-refractivity contribution in [2.24, 2.45) is 7.05 Å². The van der Waals surface area contributed by atoms with Gasteiger partial charge in [0.05, 0.1) is 11.1 Å². The van der Waals surface area contributed by atoms with E-state index >= 15 is 0 Å². The minimum Gasteiger partial charge on any atom is -0.271 e. The Labute approximate surface area is 66.2 Å². The minimum absolute atomic E-state index is 0.0330. The van der Waals surface area contributed by atoms with E-state index in [4.69, 9.17) is 6.42 Å². The molecule has 0 unspecified atom stereocenters. The van der Waals surface area contributed by atoms with Gasteiger partial charge < -0.3 is 0 Å². The van der Waals surface area contributed by atoms with Crippen LogP contribution >= 0.6 is 0 Å². The van der Waals surface area contributed by atoms with Crippen molar-refractivity contribution in [1.29, 1.82) is 0 Å². The molecule has 0 spiro atoms. The van der Waals surface area contributed by atoms with Gasteiger partial charge in [0, 0.05) is 13.2 Å². The number of nitrogens with zero attached hydrogens (tertiary/aromatic N) is 2. The zero-order chi connectivity index (χ0) is 7.90. The maximum atomic E-state index is 5.44. The maximum absolute atomic E-state index is 5.44. The fourth-order valence-electron chi connectivity index (χ4n) is 1.44. The first-order valence-electron chi connectivity index (χ1n) is 3.75. The third-order valence-electron chi connectivity index (χ3n) is 2.34. The lowest BCUT2D eigenvalue weighted by molar-refractivity contribution is 0.679. The number of terminal acetylenes is 1. The molecule has 1 aliphatic carbocycles. The molecule has 1 aliphatic rings. The fourth-order valence-corrected chi connectivity index (χ4v) is 1.44. The van der Waals surface area contributed by atoms with Crippen LogP contribution in [0, 0.1) is 12.3 Å². The molecule has 2 heteroatoms. The molecule has 0 aromatic carbocycles. The summed E-state index contributed by atoms with van der Waals surface area (Å²) in [7, 11) is 1.94. The Morgan fingerprint density at radius 3 is 2.82 bits per heavy atom. The van der Waals surface area contributed by atoms with E-state index in [9.17, 15) is 0 Å². The standard InChI is InChI=1S/C9H10N2/c1-3-9(5-6-9)8-4-7-10-11(8)2/h1,4,7H,5-6H2,2H3. The van der Waals surface area contributed by atoms with Gasteiger partial charge in [-0.3, -0.25) is 4.68 Å². The predicted molar refractivity (Wildman–Crippen MR) is 43.0 cm³/mol. The number of rotatable bonds is 1. The molecule has 1 heterocycles. The Balaban J connectivity index is 2.45. The molecule has 56 valence electrons. The fraction of sp³-hybridized carbons (Fsp3) is 0.444. The normalized spacial score (nSPS) is 19.3. The van der Waals surface area contributed by atoms with Gasteiger partial charge in [-0.1, -0.05) is 5.92 Å². The summed E-state index contributed by atoms with van der Waals surface area (Å²) in [6.07, 6.45) is 9.46. The molecule has 0 N–H and O–H groups in total. The van der Waals surface area contributed by atoms with E-state index in [2.05, 4.69) is 11.0 Å². The van der Waals surface area contributed by atoms with Gasteiger partial charge in [0.2, 0.25) is 0 Å². The highest BCUT2D eigenvalue weighted by Gasteiger charge is 2.44. The Kier molecular flexibility index (Phi) is 1.11. The molecule has 0 aliphatic heterocycles. The largest absolute Gasteiger partial charge is 0.271 e. The zero-order valence-electron chi connectivity index (χ0n) is 6.54. The number of aromatic nitrogens is 2. The molecule has 0 bridgehead atoms. The first-order valence-corrected chi connectivity index (χ1v) is 3.75. The van der Waals surface area contributed by atoms with Crippen LogP contribution < -0.4 is 0 Å². The number of hydrogen-bond acceptors (Lipinski definition) is 1. The van der Waals surface area contributed by atoms with Crippen molar-refractivity contribution in [3.8, 4) is 12.3 Å². The summed E-state index contributed by atoms with van der Waals surface area (Å²) in [4.78, 5) is 0. The Morgan fingerprint density at radius 2 is 2.45 bits per heavy atom. The second-order valence-corrected chi connectivity index (χ2v) is 3.07. The van der Waals surface area contributed by atoms with E-state index in [1.165, 1.54) is 5.69 Å². The van der Waals surface area contributed by atoms with Crippen LogP contribution in [0.3, 0.4) is 0 Å². The highest BCUT2D eigenvalue weighted by atomic mass is 15.3. The summed E-state index contributed by atoms with van der Waals surface area (Å²) in [6, 6.07) is 2.01. The molecule has 1 fully saturated rings. The monoisotopic (exact) mass is 146 g/mol. The zero-order valence-corrected chi connectivity index (χ0v) is 6.54. The molecule has 0 saturated heterocycles. The average molecular weight is 146 g/mol. The second kappa shape index (κ2) is 1.88. The Bertz CT molecular complexity index is 313. The van der Waals surface area contributed by atoms with Crippen LogP contribution in [0.25, 0.3) is 0 Å². The number of hydrogen-bond donors (Lipinski definition) is 0. The SMILES string of the molecule is C#CC1(c2ccnn2C)CC1. The number of aryl methyl sites for hydroxylation is 1. The molecule has 1 aromatic heterocycles. The third kappa shape index (κ3) is 0.775. The summed E-state index contributed by atoms with van der Waals surface area (Å²) in [5.74, 6) is 2.83. The van der Waals surface area contributed by atoms with Gasteiger partial charge in [0.15, 0.2) is 0 Å². The molecule has 2 nitrogen and oxygen atoms in total. The third-order valence-corrected chi connectivity index (χ3v) is 2.34. The predicted octanol–water partition coefficient (Wildman–Crippen LogP) is 1.08. The van der Waals surface area contributed by atoms with Crippen molar-refractivity contribution < 1.29 is 0 Å². The molecule has 2 rings (SSSR count). The Hall–Kier alpha value is -1.23. The first kappa shape index (κ1) is 6.48. The van der Waals surface area contributed by atoms with Gasteiger partial charge in [-0.05, 0) is 18.9 Å². The lowest BCUT2D eigenvalue weighted by Gasteiger charge is -2.06. The quantitative estimate of drug-likeness (QED) is 0.542. The maximum Gasteiger partial charge on any atom is 0.0729 e. The summed E-state index contributed by atoms with van der Waals surface area (Å²) in [5, 5.41) is 4.09. The second-order valence-electron chi connectivity index (χ2n) is 3.07. The molecular formula is C9H10N2. The van der Waals surface area contributed by atoms with Crippen molar-refractivity contribution in [3.05, 3.63) is 18.0 Å². The minimum atomic E-state index is 0.0330. The van der Waals surface area contributed by atoms with Gasteiger partial charge in [-0.2, -0.15) is 5.10 Å². The van der Waals surface area contributed by atoms with Crippen LogP contribution in [0.15, 0.2) is 12.3 Å². The van der Waals surface area contributed by atoms with E-state index < -0.39 is 0 Å². The highest BCUT2D eigenvalue weighted by molar-refractivity contribution is 5.35.